The molecule has 0 unspecified atom stereocenters. The number of aryl methyl sites for hydroxylation is 1. The van der Waals surface area contributed by atoms with E-state index in [1.807, 2.05) is 41.8 Å². The maximum Gasteiger partial charge on any atom is 0.197 e. The molecule has 0 bridgehead atoms. The number of aromatic nitrogens is 4. The van der Waals surface area contributed by atoms with Crippen LogP contribution in [-0.2, 0) is 6.54 Å². The molecule has 3 aromatic heterocycles. The van der Waals surface area contributed by atoms with Gasteiger partial charge in [0.2, 0.25) is 0 Å². The van der Waals surface area contributed by atoms with Crippen LogP contribution in [0.15, 0.2) is 56.4 Å². The molecule has 3 heterocycles. The standard InChI is InChI=1S/C18H12ClN5OS2/c1-11-4-2-5-12(8-11)16-21-22-18(24(16)10-13-6-3-7-25-13)26-17-14(9-20)15(19)23-27-17/h2-8H,10H2,1H3. The van der Waals surface area contributed by atoms with E-state index in [1.165, 1.54) is 23.3 Å². The average molecular weight is 414 g/mol. The molecule has 4 rings (SSSR count). The molecule has 0 saturated heterocycles. The number of hydrogen-bond acceptors (Lipinski definition) is 7. The highest BCUT2D eigenvalue weighted by molar-refractivity contribution is 8.01. The van der Waals surface area contributed by atoms with Gasteiger partial charge in [0.15, 0.2) is 16.1 Å². The highest BCUT2D eigenvalue weighted by Gasteiger charge is 2.20. The van der Waals surface area contributed by atoms with Crippen LogP contribution in [0.5, 0.6) is 0 Å². The molecule has 0 spiro atoms. The Kier molecular flexibility index (Phi) is 4.99. The van der Waals surface area contributed by atoms with Gasteiger partial charge in [-0.25, -0.2) is 0 Å². The van der Waals surface area contributed by atoms with Crippen LogP contribution >= 0.6 is 34.9 Å². The third-order valence-corrected chi connectivity index (χ3v) is 6.17. The molecular formula is C18H12ClN5OS2. The topological polar surface area (TPSA) is 80.5 Å². The lowest BCUT2D eigenvalue weighted by atomic mass is 10.1. The van der Waals surface area contributed by atoms with Crippen LogP contribution in [0.4, 0.5) is 0 Å². The molecule has 0 atom stereocenters. The summed E-state index contributed by atoms with van der Waals surface area (Å²) < 4.78 is 12.2. The summed E-state index contributed by atoms with van der Waals surface area (Å²) in [5.41, 5.74) is 2.45. The Bertz CT molecular complexity index is 1130. The van der Waals surface area contributed by atoms with Crippen molar-refractivity contribution >= 4 is 34.9 Å². The van der Waals surface area contributed by atoms with Crippen LogP contribution in [0.25, 0.3) is 11.4 Å². The quantitative estimate of drug-likeness (QED) is 0.456. The van der Waals surface area contributed by atoms with E-state index in [0.717, 1.165) is 22.7 Å². The van der Waals surface area contributed by atoms with Crippen LogP contribution in [0, 0.1) is 18.3 Å². The summed E-state index contributed by atoms with van der Waals surface area (Å²) in [6, 6.07) is 13.9. The summed E-state index contributed by atoms with van der Waals surface area (Å²) in [4.78, 5) is 0. The minimum Gasteiger partial charge on any atom is -0.467 e. The number of furan rings is 1. The van der Waals surface area contributed by atoms with E-state index < -0.39 is 0 Å². The van der Waals surface area contributed by atoms with Crippen LogP contribution in [0.1, 0.15) is 16.9 Å². The van der Waals surface area contributed by atoms with Crippen LogP contribution in [0.3, 0.4) is 0 Å². The number of benzene rings is 1. The van der Waals surface area contributed by atoms with Gasteiger partial charge >= 0.3 is 0 Å². The molecule has 0 fully saturated rings. The monoisotopic (exact) mass is 413 g/mol. The van der Waals surface area contributed by atoms with E-state index in [1.54, 1.807) is 6.26 Å². The third kappa shape index (κ3) is 3.62. The van der Waals surface area contributed by atoms with E-state index >= 15 is 0 Å². The van der Waals surface area contributed by atoms with Crippen molar-refractivity contribution in [3.05, 3.63) is 64.7 Å². The summed E-state index contributed by atoms with van der Waals surface area (Å²) in [7, 11) is 0. The van der Waals surface area contributed by atoms with Crippen LogP contribution in [-0.4, -0.2) is 19.1 Å². The number of nitrogens with zero attached hydrogens (tertiary/aromatic N) is 5. The smallest absolute Gasteiger partial charge is 0.197 e. The Labute approximate surface area is 168 Å². The fraction of sp³-hybridized carbons (Fsp3) is 0.111. The maximum absolute atomic E-state index is 9.32. The van der Waals surface area contributed by atoms with Crippen molar-refractivity contribution < 1.29 is 4.42 Å². The van der Waals surface area contributed by atoms with E-state index in [9.17, 15) is 5.26 Å². The Morgan fingerprint density at radius 3 is 2.93 bits per heavy atom. The van der Waals surface area contributed by atoms with E-state index in [-0.39, 0.29) is 5.15 Å². The SMILES string of the molecule is Cc1cccc(-c2nnc(Sc3snc(Cl)c3C#N)n2Cc2ccco2)c1. The van der Waals surface area contributed by atoms with Gasteiger partial charge in [-0.15, -0.1) is 10.2 Å². The molecule has 27 heavy (non-hydrogen) atoms. The lowest BCUT2D eigenvalue weighted by molar-refractivity contribution is 0.485. The first-order valence-electron chi connectivity index (χ1n) is 7.91. The highest BCUT2D eigenvalue weighted by atomic mass is 35.5. The predicted octanol–water partition coefficient (Wildman–Crippen LogP) is 5.03. The molecule has 0 aliphatic heterocycles. The molecule has 1 aromatic carbocycles. The first-order valence-corrected chi connectivity index (χ1v) is 9.88. The minimum atomic E-state index is 0.209. The van der Waals surface area contributed by atoms with Crippen molar-refractivity contribution in [1.29, 1.82) is 5.26 Å². The molecule has 0 aliphatic rings. The van der Waals surface area contributed by atoms with Crippen molar-refractivity contribution in [1.82, 2.24) is 19.1 Å². The second kappa shape index (κ2) is 7.56. The van der Waals surface area contributed by atoms with Gasteiger partial charge in [0.1, 0.15) is 21.6 Å². The Hall–Kier alpha value is -2.60. The van der Waals surface area contributed by atoms with E-state index in [4.69, 9.17) is 16.0 Å². The largest absolute Gasteiger partial charge is 0.467 e. The average Bonchev–Trinajstić information content (AvgIpc) is 3.38. The first kappa shape index (κ1) is 17.8. The Morgan fingerprint density at radius 2 is 2.19 bits per heavy atom. The molecule has 134 valence electrons. The second-order valence-corrected chi connectivity index (χ2v) is 8.06. The second-order valence-electron chi connectivity index (χ2n) is 5.69. The van der Waals surface area contributed by atoms with Crippen molar-refractivity contribution in [2.75, 3.05) is 0 Å². The molecule has 0 amide bonds. The Balaban J connectivity index is 1.78. The maximum atomic E-state index is 9.32. The van der Waals surface area contributed by atoms with Gasteiger partial charge in [-0.05, 0) is 48.4 Å². The van der Waals surface area contributed by atoms with E-state index in [2.05, 4.69) is 26.7 Å². The van der Waals surface area contributed by atoms with Gasteiger partial charge in [-0.3, -0.25) is 4.57 Å². The van der Waals surface area contributed by atoms with Gasteiger partial charge in [0.25, 0.3) is 0 Å². The molecule has 0 N–H and O–H groups in total. The molecular weight excluding hydrogens is 402 g/mol. The van der Waals surface area contributed by atoms with Crippen molar-refractivity contribution in [2.45, 2.75) is 22.8 Å². The normalized spacial score (nSPS) is 10.9. The fourth-order valence-electron chi connectivity index (χ4n) is 2.56. The molecule has 4 aromatic rings. The Morgan fingerprint density at radius 1 is 1.30 bits per heavy atom. The molecule has 9 heteroatoms. The number of hydrogen-bond donors (Lipinski definition) is 0. The lowest BCUT2D eigenvalue weighted by Crippen LogP contribution is -2.03. The van der Waals surface area contributed by atoms with Gasteiger partial charge < -0.3 is 4.42 Å². The van der Waals surface area contributed by atoms with Gasteiger partial charge in [-0.2, -0.15) is 9.64 Å². The summed E-state index contributed by atoms with van der Waals surface area (Å²) in [6.45, 7) is 2.50. The highest BCUT2D eigenvalue weighted by Crippen LogP contribution is 2.37. The van der Waals surface area contributed by atoms with Crippen molar-refractivity contribution in [2.24, 2.45) is 0 Å². The zero-order valence-corrected chi connectivity index (χ0v) is 16.5. The molecule has 0 radical (unpaired) electrons. The fourth-order valence-corrected chi connectivity index (χ4v) is 4.64. The molecule has 0 saturated carbocycles. The summed E-state index contributed by atoms with van der Waals surface area (Å²) in [6.07, 6.45) is 1.63. The number of rotatable bonds is 5. The number of nitriles is 1. The summed E-state index contributed by atoms with van der Waals surface area (Å²) in [5, 5.41) is 18.9. The zero-order valence-electron chi connectivity index (χ0n) is 14.1. The van der Waals surface area contributed by atoms with Crippen LogP contribution < -0.4 is 0 Å². The predicted molar refractivity (Wildman–Crippen MR) is 104 cm³/mol. The summed E-state index contributed by atoms with van der Waals surface area (Å²) >= 11 is 8.49. The van der Waals surface area contributed by atoms with Crippen molar-refractivity contribution in [3.63, 3.8) is 0 Å². The molecule has 6 nitrogen and oxygen atoms in total. The number of halogens is 1. The van der Waals surface area contributed by atoms with Gasteiger partial charge in [-0.1, -0.05) is 35.4 Å². The zero-order chi connectivity index (χ0) is 18.8. The van der Waals surface area contributed by atoms with Crippen molar-refractivity contribution in [3.8, 4) is 17.5 Å². The minimum absolute atomic E-state index is 0.209. The first-order chi connectivity index (χ1) is 13.2. The van der Waals surface area contributed by atoms with Gasteiger partial charge in [0, 0.05) is 5.56 Å². The summed E-state index contributed by atoms with van der Waals surface area (Å²) in [5.74, 6) is 1.51. The van der Waals surface area contributed by atoms with Gasteiger partial charge in [0.05, 0.1) is 12.8 Å². The lowest BCUT2D eigenvalue weighted by Gasteiger charge is -2.08. The molecule has 0 aliphatic carbocycles. The van der Waals surface area contributed by atoms with Crippen LogP contribution in [0.2, 0.25) is 5.15 Å². The third-order valence-electron chi connectivity index (χ3n) is 3.80. The van der Waals surface area contributed by atoms with E-state index in [0.29, 0.717) is 21.5 Å².